The van der Waals surface area contributed by atoms with Crippen molar-refractivity contribution < 1.29 is 27.9 Å². The normalized spacial score (nSPS) is 23.6. The molecule has 2 aromatic heterocycles. The quantitative estimate of drug-likeness (QED) is 0.489. The summed E-state index contributed by atoms with van der Waals surface area (Å²) >= 11 is 0. The predicted octanol–water partition coefficient (Wildman–Crippen LogP) is 5.31. The molecular formula is C26H25F2N3O4. The van der Waals surface area contributed by atoms with Crippen LogP contribution in [0, 0.1) is 11.6 Å². The third kappa shape index (κ3) is 4.18. The molecule has 6 rings (SSSR count). The van der Waals surface area contributed by atoms with E-state index in [2.05, 4.69) is 15.0 Å². The number of hydrogen-bond donors (Lipinski definition) is 1. The van der Waals surface area contributed by atoms with Crippen molar-refractivity contribution in [3.05, 3.63) is 65.1 Å². The van der Waals surface area contributed by atoms with E-state index in [1.807, 2.05) is 0 Å². The van der Waals surface area contributed by atoms with Crippen LogP contribution in [-0.2, 0) is 11.3 Å². The zero-order valence-corrected chi connectivity index (χ0v) is 19.0. The number of ether oxygens (including phenoxy) is 1. The highest BCUT2D eigenvalue weighted by Gasteiger charge is 2.42. The second kappa shape index (κ2) is 8.71. The summed E-state index contributed by atoms with van der Waals surface area (Å²) in [6.45, 7) is 0.261. The van der Waals surface area contributed by atoms with Crippen LogP contribution in [0.25, 0.3) is 11.3 Å². The topological polar surface area (TPSA) is 88.7 Å². The van der Waals surface area contributed by atoms with E-state index in [0.29, 0.717) is 5.69 Å². The molecule has 182 valence electrons. The minimum atomic E-state index is -0.988. The van der Waals surface area contributed by atoms with Gasteiger partial charge in [0.15, 0.2) is 0 Å². The van der Waals surface area contributed by atoms with Gasteiger partial charge in [-0.15, -0.1) is 0 Å². The Morgan fingerprint density at radius 3 is 2.51 bits per heavy atom. The van der Waals surface area contributed by atoms with Crippen molar-refractivity contribution in [2.45, 2.75) is 69.2 Å². The van der Waals surface area contributed by atoms with Gasteiger partial charge in [0.25, 0.3) is 0 Å². The van der Waals surface area contributed by atoms with Gasteiger partial charge in [0.1, 0.15) is 28.9 Å². The van der Waals surface area contributed by atoms with Gasteiger partial charge >= 0.3 is 5.97 Å². The Morgan fingerprint density at radius 2 is 1.89 bits per heavy atom. The van der Waals surface area contributed by atoms with Gasteiger partial charge in [0.2, 0.25) is 0 Å². The van der Waals surface area contributed by atoms with E-state index in [1.54, 1.807) is 12.1 Å². The summed E-state index contributed by atoms with van der Waals surface area (Å²) in [6, 6.07) is 7.37. The van der Waals surface area contributed by atoms with E-state index in [-0.39, 0.29) is 41.8 Å². The third-order valence-electron chi connectivity index (χ3n) is 7.37. The number of aromatic nitrogens is 2. The van der Waals surface area contributed by atoms with Crippen LogP contribution in [0.1, 0.15) is 66.1 Å². The van der Waals surface area contributed by atoms with Gasteiger partial charge in [-0.3, -0.25) is 0 Å². The second-order valence-electron chi connectivity index (χ2n) is 9.68. The first-order valence-electron chi connectivity index (χ1n) is 12.0. The summed E-state index contributed by atoms with van der Waals surface area (Å²) in [4.78, 5) is 17.8. The molecule has 1 saturated carbocycles. The summed E-state index contributed by atoms with van der Waals surface area (Å²) in [5.74, 6) is -0.481. The highest BCUT2D eigenvalue weighted by atomic mass is 19.1. The van der Waals surface area contributed by atoms with Crippen LogP contribution < -0.4 is 4.90 Å². The van der Waals surface area contributed by atoms with Crippen LogP contribution >= 0.6 is 0 Å². The van der Waals surface area contributed by atoms with Crippen molar-refractivity contribution in [2.24, 2.45) is 0 Å². The van der Waals surface area contributed by atoms with Crippen molar-refractivity contribution in [1.29, 1.82) is 0 Å². The van der Waals surface area contributed by atoms with Gasteiger partial charge in [-0.05, 0) is 62.8 Å². The van der Waals surface area contributed by atoms with Gasteiger partial charge in [0.05, 0.1) is 18.3 Å². The average molecular weight is 481 g/mol. The van der Waals surface area contributed by atoms with Crippen LogP contribution in [0.4, 0.5) is 14.6 Å². The van der Waals surface area contributed by atoms with E-state index in [1.165, 1.54) is 18.3 Å². The fourth-order valence-electron chi connectivity index (χ4n) is 5.52. The van der Waals surface area contributed by atoms with Crippen molar-refractivity contribution in [3.8, 4) is 11.3 Å². The van der Waals surface area contributed by atoms with Crippen molar-refractivity contribution in [1.82, 2.24) is 10.1 Å². The number of carbonyl (C=O) groups is 1. The Bertz CT molecular complexity index is 1240. The van der Waals surface area contributed by atoms with E-state index in [0.717, 1.165) is 61.7 Å². The molecule has 4 heterocycles. The number of carboxylic acid groups (broad SMARTS) is 1. The predicted molar refractivity (Wildman–Crippen MR) is 122 cm³/mol. The van der Waals surface area contributed by atoms with E-state index < -0.39 is 17.6 Å². The number of carboxylic acids is 1. The molecule has 3 fully saturated rings. The smallest absolute Gasteiger partial charge is 0.337 e. The lowest BCUT2D eigenvalue weighted by Gasteiger charge is -2.39. The van der Waals surface area contributed by atoms with Gasteiger partial charge in [-0.2, -0.15) is 0 Å². The molecule has 2 bridgehead atoms. The highest BCUT2D eigenvalue weighted by Crippen LogP contribution is 2.45. The summed E-state index contributed by atoms with van der Waals surface area (Å²) in [6.07, 6.45) is 7.13. The lowest BCUT2D eigenvalue weighted by molar-refractivity contribution is 0.0146. The molecule has 0 spiro atoms. The largest absolute Gasteiger partial charge is 0.478 e. The second-order valence-corrected chi connectivity index (χ2v) is 9.68. The summed E-state index contributed by atoms with van der Waals surface area (Å²) in [5, 5.41) is 13.3. The average Bonchev–Trinajstić information content (AvgIpc) is 3.55. The van der Waals surface area contributed by atoms with E-state index >= 15 is 0 Å². The van der Waals surface area contributed by atoms with E-state index in [9.17, 15) is 13.6 Å². The standard InChI is InChI=1S/C26H25F2N3O4/c27-16-4-7-20(22(28)9-16)24-21(25(35-30-24)14-1-2-14)13-34-19-10-17-5-6-18(11-19)31(17)23-8-3-15(12-29-23)26(32)33/h3-4,7-9,12,14,17-19H,1-2,5-6,10-11,13H2,(H,32,33). The summed E-state index contributed by atoms with van der Waals surface area (Å²) in [5.41, 5.74) is 1.52. The van der Waals surface area contributed by atoms with Gasteiger partial charge in [0, 0.05) is 41.4 Å². The Kier molecular flexibility index (Phi) is 5.51. The first-order chi connectivity index (χ1) is 17.0. The molecule has 9 heteroatoms. The molecule has 3 aliphatic rings. The maximum absolute atomic E-state index is 14.5. The van der Waals surface area contributed by atoms with Crippen LogP contribution in [0.2, 0.25) is 0 Å². The molecule has 3 aromatic rings. The molecule has 1 N–H and O–H groups in total. The molecule has 0 amide bonds. The number of piperidine rings is 1. The number of fused-ring (bicyclic) bond motifs is 2. The van der Waals surface area contributed by atoms with Gasteiger partial charge in [-0.25, -0.2) is 18.6 Å². The molecule has 1 aromatic carbocycles. The first-order valence-corrected chi connectivity index (χ1v) is 12.0. The lowest BCUT2D eigenvalue weighted by Crippen LogP contribution is -2.46. The van der Waals surface area contributed by atoms with Crippen molar-refractivity contribution in [2.75, 3.05) is 4.90 Å². The minimum Gasteiger partial charge on any atom is -0.478 e. The number of aromatic carboxylic acids is 1. The number of benzene rings is 1. The Morgan fingerprint density at radius 1 is 1.11 bits per heavy atom. The summed E-state index contributed by atoms with van der Waals surface area (Å²) in [7, 11) is 0. The molecule has 2 aliphatic heterocycles. The third-order valence-corrected chi connectivity index (χ3v) is 7.37. The molecule has 2 atom stereocenters. The Labute approximate surface area is 200 Å². The number of rotatable bonds is 7. The lowest BCUT2D eigenvalue weighted by atomic mass is 9.99. The number of pyridine rings is 1. The van der Waals surface area contributed by atoms with Crippen molar-refractivity contribution >= 4 is 11.8 Å². The monoisotopic (exact) mass is 481 g/mol. The fourth-order valence-corrected chi connectivity index (χ4v) is 5.52. The summed E-state index contributed by atoms with van der Waals surface area (Å²) < 4.78 is 39.9. The Hall–Kier alpha value is -3.33. The van der Waals surface area contributed by atoms with Crippen LogP contribution in [0.15, 0.2) is 41.1 Å². The minimum absolute atomic E-state index is 0.0231. The molecule has 7 nitrogen and oxygen atoms in total. The zero-order valence-electron chi connectivity index (χ0n) is 19.0. The van der Waals surface area contributed by atoms with Gasteiger partial charge in [-0.1, -0.05) is 5.16 Å². The number of anilines is 1. The zero-order chi connectivity index (χ0) is 24.1. The SMILES string of the molecule is O=C(O)c1ccc(N2C3CCC2CC(OCc2c(-c4ccc(F)cc4F)noc2C2CC2)C3)nc1. The molecular weight excluding hydrogens is 456 g/mol. The van der Waals surface area contributed by atoms with Gasteiger partial charge < -0.3 is 19.3 Å². The number of hydrogen-bond acceptors (Lipinski definition) is 6. The Balaban J connectivity index is 1.18. The maximum Gasteiger partial charge on any atom is 0.337 e. The maximum atomic E-state index is 14.5. The van der Waals surface area contributed by atoms with Crippen LogP contribution in [-0.4, -0.2) is 39.4 Å². The first kappa shape index (κ1) is 22.2. The molecule has 2 unspecified atom stereocenters. The van der Waals surface area contributed by atoms with E-state index in [4.69, 9.17) is 14.4 Å². The molecule has 1 aliphatic carbocycles. The number of nitrogens with zero attached hydrogens (tertiary/aromatic N) is 3. The molecule has 0 radical (unpaired) electrons. The fraction of sp³-hybridized carbons (Fsp3) is 0.423. The van der Waals surface area contributed by atoms with Crippen LogP contribution in [0.5, 0.6) is 0 Å². The van der Waals surface area contributed by atoms with Crippen molar-refractivity contribution in [3.63, 3.8) is 0 Å². The van der Waals surface area contributed by atoms with Crippen LogP contribution in [0.3, 0.4) is 0 Å². The molecule has 2 saturated heterocycles. The number of halogens is 2. The molecule has 35 heavy (non-hydrogen) atoms. The highest BCUT2D eigenvalue weighted by molar-refractivity contribution is 5.87.